The molecule has 3 aromatic carbocycles. The van der Waals surface area contributed by atoms with E-state index in [-0.39, 0.29) is 5.91 Å². The highest BCUT2D eigenvalue weighted by molar-refractivity contribution is 9.10. The fourth-order valence-corrected chi connectivity index (χ4v) is 3.72. The number of amides is 1. The minimum absolute atomic E-state index is 0.0784. The summed E-state index contributed by atoms with van der Waals surface area (Å²) < 4.78 is 0.641. The number of anilines is 1. The highest BCUT2D eigenvalue weighted by Crippen LogP contribution is 2.40. The quantitative estimate of drug-likeness (QED) is 0.481. The Labute approximate surface area is 154 Å². The molecule has 0 radical (unpaired) electrons. The van der Waals surface area contributed by atoms with Crippen molar-refractivity contribution < 1.29 is 4.79 Å². The van der Waals surface area contributed by atoms with Gasteiger partial charge in [0.2, 0.25) is 0 Å². The third kappa shape index (κ3) is 2.63. The molecule has 0 aliphatic carbocycles. The number of benzene rings is 3. The van der Waals surface area contributed by atoms with Gasteiger partial charge in [0.05, 0.1) is 24.4 Å². The lowest BCUT2D eigenvalue weighted by molar-refractivity contribution is 0.0984. The first-order valence-electron chi connectivity index (χ1n) is 7.85. The average molecular weight is 389 g/mol. The number of para-hydroxylation sites is 1. The van der Waals surface area contributed by atoms with Crippen LogP contribution in [-0.4, -0.2) is 5.91 Å². The molecule has 0 saturated heterocycles. The van der Waals surface area contributed by atoms with Gasteiger partial charge in [-0.1, -0.05) is 70.5 Å². The topological polar surface area (TPSA) is 24.7 Å². The van der Waals surface area contributed by atoms with E-state index in [2.05, 4.69) is 32.9 Å². The van der Waals surface area contributed by atoms with E-state index in [4.69, 9.17) is 6.57 Å². The van der Waals surface area contributed by atoms with E-state index in [1.807, 2.05) is 36.4 Å². The van der Waals surface area contributed by atoms with Crippen LogP contribution in [0.2, 0.25) is 0 Å². The first-order valence-corrected chi connectivity index (χ1v) is 8.64. The second kappa shape index (κ2) is 6.19. The van der Waals surface area contributed by atoms with Crippen molar-refractivity contribution in [2.75, 3.05) is 4.90 Å². The molecule has 3 nitrogen and oxygen atoms in total. The SMILES string of the molecule is [C-]#[N+]c1ccc(C(=O)N2Cc3ccccc3-c3ccccc32)c(Br)c1. The Hall–Kier alpha value is -2.90. The van der Waals surface area contributed by atoms with Crippen molar-refractivity contribution in [3.8, 4) is 11.1 Å². The summed E-state index contributed by atoms with van der Waals surface area (Å²) in [4.78, 5) is 18.4. The molecule has 0 atom stereocenters. The summed E-state index contributed by atoms with van der Waals surface area (Å²) in [6.45, 7) is 7.63. The van der Waals surface area contributed by atoms with Gasteiger partial charge in [-0.05, 0) is 23.3 Å². The van der Waals surface area contributed by atoms with Crippen molar-refractivity contribution in [1.82, 2.24) is 0 Å². The fraction of sp³-hybridized carbons (Fsp3) is 0.0476. The number of nitrogens with zero attached hydrogens (tertiary/aromatic N) is 2. The summed E-state index contributed by atoms with van der Waals surface area (Å²) in [5, 5.41) is 0. The standard InChI is InChI=1S/C21H13BrN2O/c1-23-15-10-11-18(19(22)12-15)21(25)24-13-14-6-2-3-7-16(14)17-8-4-5-9-20(17)24/h2-12H,13H2. The maximum Gasteiger partial charge on any atom is 0.259 e. The van der Waals surface area contributed by atoms with E-state index in [1.165, 1.54) is 5.56 Å². The third-order valence-electron chi connectivity index (χ3n) is 4.39. The largest absolute Gasteiger partial charge is 0.303 e. The minimum atomic E-state index is -0.0784. The molecule has 1 amide bonds. The van der Waals surface area contributed by atoms with Crippen LogP contribution in [0, 0.1) is 6.57 Å². The van der Waals surface area contributed by atoms with Gasteiger partial charge in [0.25, 0.3) is 5.91 Å². The number of fused-ring (bicyclic) bond motifs is 3. The summed E-state index contributed by atoms with van der Waals surface area (Å²) in [5.74, 6) is -0.0784. The Morgan fingerprint density at radius 3 is 2.48 bits per heavy atom. The predicted molar refractivity (Wildman–Crippen MR) is 103 cm³/mol. The van der Waals surface area contributed by atoms with Crippen molar-refractivity contribution >= 4 is 33.2 Å². The lowest BCUT2D eigenvalue weighted by atomic mass is 9.93. The van der Waals surface area contributed by atoms with Crippen LogP contribution in [0.25, 0.3) is 16.0 Å². The van der Waals surface area contributed by atoms with Crippen LogP contribution in [0.4, 0.5) is 11.4 Å². The van der Waals surface area contributed by atoms with Crippen molar-refractivity contribution in [1.29, 1.82) is 0 Å². The molecule has 0 bridgehead atoms. The van der Waals surface area contributed by atoms with Gasteiger partial charge in [0.15, 0.2) is 5.69 Å². The lowest BCUT2D eigenvalue weighted by Crippen LogP contribution is -2.33. The average Bonchev–Trinajstić information content (AvgIpc) is 2.66. The van der Waals surface area contributed by atoms with E-state index >= 15 is 0 Å². The van der Waals surface area contributed by atoms with Crippen LogP contribution in [-0.2, 0) is 6.54 Å². The van der Waals surface area contributed by atoms with Crippen LogP contribution >= 0.6 is 15.9 Å². The molecule has 0 saturated carbocycles. The Balaban J connectivity index is 1.82. The van der Waals surface area contributed by atoms with Crippen LogP contribution in [0.5, 0.6) is 0 Å². The van der Waals surface area contributed by atoms with Gasteiger partial charge >= 0.3 is 0 Å². The van der Waals surface area contributed by atoms with E-state index in [0.717, 1.165) is 16.8 Å². The molecule has 0 fully saturated rings. The fourth-order valence-electron chi connectivity index (χ4n) is 3.19. The molecular weight excluding hydrogens is 376 g/mol. The van der Waals surface area contributed by atoms with Gasteiger partial charge in [-0.3, -0.25) is 4.79 Å². The lowest BCUT2D eigenvalue weighted by Gasteiger charge is -2.31. The van der Waals surface area contributed by atoms with Gasteiger partial charge in [0.1, 0.15) is 0 Å². The van der Waals surface area contributed by atoms with Crippen molar-refractivity contribution in [2.24, 2.45) is 0 Å². The number of carbonyl (C=O) groups excluding carboxylic acids is 1. The van der Waals surface area contributed by atoms with Gasteiger partial charge < -0.3 is 4.90 Å². The summed E-state index contributed by atoms with van der Waals surface area (Å²) in [7, 11) is 0. The Bertz CT molecular complexity index is 1040. The number of halogens is 1. The Morgan fingerprint density at radius 1 is 1.00 bits per heavy atom. The van der Waals surface area contributed by atoms with E-state index in [9.17, 15) is 4.79 Å². The number of hydrogen-bond acceptors (Lipinski definition) is 1. The van der Waals surface area contributed by atoms with Crippen LogP contribution in [0.1, 0.15) is 15.9 Å². The molecule has 1 aliphatic rings. The highest BCUT2D eigenvalue weighted by Gasteiger charge is 2.27. The third-order valence-corrected chi connectivity index (χ3v) is 5.04. The molecule has 3 aromatic rings. The maximum atomic E-state index is 13.2. The molecule has 0 unspecified atom stereocenters. The number of carbonyl (C=O) groups is 1. The van der Waals surface area contributed by atoms with E-state index in [1.54, 1.807) is 23.1 Å². The molecule has 25 heavy (non-hydrogen) atoms. The molecule has 4 heteroatoms. The zero-order valence-electron chi connectivity index (χ0n) is 13.2. The zero-order valence-corrected chi connectivity index (χ0v) is 14.8. The second-order valence-corrected chi connectivity index (χ2v) is 6.70. The molecular formula is C21H13BrN2O. The molecule has 1 aliphatic heterocycles. The first-order chi connectivity index (χ1) is 12.2. The van der Waals surface area contributed by atoms with Crippen LogP contribution in [0.15, 0.2) is 71.2 Å². The van der Waals surface area contributed by atoms with Crippen LogP contribution in [0.3, 0.4) is 0 Å². The highest BCUT2D eigenvalue weighted by atomic mass is 79.9. The number of hydrogen-bond donors (Lipinski definition) is 0. The summed E-state index contributed by atoms with van der Waals surface area (Å²) in [5.41, 5.74) is 5.33. The Kier molecular flexibility index (Phi) is 3.87. The zero-order chi connectivity index (χ0) is 17.4. The predicted octanol–water partition coefficient (Wildman–Crippen LogP) is 5.83. The van der Waals surface area contributed by atoms with Crippen molar-refractivity contribution in [3.05, 3.63) is 93.7 Å². The molecule has 0 N–H and O–H groups in total. The number of rotatable bonds is 1. The minimum Gasteiger partial charge on any atom is -0.303 e. The van der Waals surface area contributed by atoms with Crippen LogP contribution < -0.4 is 4.90 Å². The van der Waals surface area contributed by atoms with Gasteiger partial charge in [-0.15, -0.1) is 0 Å². The van der Waals surface area contributed by atoms with Crippen molar-refractivity contribution in [3.63, 3.8) is 0 Å². The second-order valence-electron chi connectivity index (χ2n) is 5.84. The van der Waals surface area contributed by atoms with Gasteiger partial charge in [0, 0.05) is 10.0 Å². The van der Waals surface area contributed by atoms with Crippen molar-refractivity contribution in [2.45, 2.75) is 6.54 Å². The molecule has 4 rings (SSSR count). The normalized spacial score (nSPS) is 12.1. The first kappa shape index (κ1) is 15.6. The summed E-state index contributed by atoms with van der Waals surface area (Å²) in [6.07, 6.45) is 0. The summed E-state index contributed by atoms with van der Waals surface area (Å²) >= 11 is 3.44. The molecule has 1 heterocycles. The van der Waals surface area contributed by atoms with E-state index in [0.29, 0.717) is 22.3 Å². The Morgan fingerprint density at radius 2 is 1.72 bits per heavy atom. The molecule has 0 aromatic heterocycles. The van der Waals surface area contributed by atoms with Gasteiger partial charge in [-0.25, -0.2) is 4.85 Å². The maximum absolute atomic E-state index is 13.2. The molecule has 120 valence electrons. The van der Waals surface area contributed by atoms with E-state index < -0.39 is 0 Å². The monoisotopic (exact) mass is 388 g/mol. The van der Waals surface area contributed by atoms with Gasteiger partial charge in [-0.2, -0.15) is 0 Å². The summed E-state index contributed by atoms with van der Waals surface area (Å²) in [6, 6.07) is 21.2. The smallest absolute Gasteiger partial charge is 0.259 e. The molecule has 0 spiro atoms.